The van der Waals surface area contributed by atoms with Gasteiger partial charge in [-0.15, -0.1) is 11.3 Å². The Balaban J connectivity index is 0.000000249. The SMILES string of the molecule is C/C=C(/CCC)c1[nH]c(=O)c2ccccc2c1C(C)C.CC.CC.Cc1cc2[nH]c(=O)c3ccccc3c2s1. The van der Waals surface area contributed by atoms with E-state index in [0.717, 1.165) is 45.6 Å². The molecule has 3 heterocycles. The second-order valence-electron chi connectivity index (χ2n) is 9.11. The van der Waals surface area contributed by atoms with Gasteiger partial charge >= 0.3 is 0 Å². The average Bonchev–Trinajstić information content (AvgIpc) is 3.34. The van der Waals surface area contributed by atoms with Gasteiger partial charge in [0.05, 0.1) is 10.2 Å². The Morgan fingerprint density at radius 2 is 1.36 bits per heavy atom. The highest BCUT2D eigenvalue weighted by Crippen LogP contribution is 2.31. The van der Waals surface area contributed by atoms with Crippen molar-refractivity contribution in [2.45, 2.75) is 81.1 Å². The van der Waals surface area contributed by atoms with Crippen molar-refractivity contribution in [2.75, 3.05) is 0 Å². The lowest BCUT2D eigenvalue weighted by molar-refractivity contribution is 0.854. The summed E-state index contributed by atoms with van der Waals surface area (Å²) in [5, 5.41) is 3.69. The quantitative estimate of drug-likeness (QED) is 0.236. The molecule has 0 radical (unpaired) electrons. The molecule has 0 aliphatic heterocycles. The predicted octanol–water partition coefficient (Wildman–Crippen LogP) is 9.96. The molecule has 39 heavy (non-hydrogen) atoms. The number of hydrogen-bond donors (Lipinski definition) is 2. The molecule has 208 valence electrons. The average molecular weight is 545 g/mol. The third-order valence-corrected chi connectivity index (χ3v) is 7.34. The summed E-state index contributed by atoms with van der Waals surface area (Å²) in [6.45, 7) is 18.6. The number of H-pyrrole nitrogens is 2. The third-order valence-electron chi connectivity index (χ3n) is 6.26. The summed E-state index contributed by atoms with van der Waals surface area (Å²) in [7, 11) is 0. The maximum atomic E-state index is 12.3. The Labute approximate surface area is 236 Å². The van der Waals surface area contributed by atoms with E-state index in [0.29, 0.717) is 5.92 Å². The highest BCUT2D eigenvalue weighted by atomic mass is 32.1. The number of thiophene rings is 1. The normalized spacial score (nSPS) is 11.0. The van der Waals surface area contributed by atoms with Crippen molar-refractivity contribution in [1.29, 1.82) is 0 Å². The lowest BCUT2D eigenvalue weighted by Crippen LogP contribution is -2.13. The molecule has 0 fully saturated rings. The minimum Gasteiger partial charge on any atom is -0.321 e. The van der Waals surface area contributed by atoms with Crippen LogP contribution in [0.25, 0.3) is 37.3 Å². The number of nitrogens with one attached hydrogen (secondary N) is 2. The van der Waals surface area contributed by atoms with Gasteiger partial charge in [-0.05, 0) is 60.9 Å². The number of fused-ring (bicyclic) bond motifs is 4. The van der Waals surface area contributed by atoms with Crippen LogP contribution in [0, 0.1) is 6.92 Å². The van der Waals surface area contributed by atoms with Crippen molar-refractivity contribution in [3.63, 3.8) is 0 Å². The molecule has 0 spiro atoms. The maximum absolute atomic E-state index is 12.3. The van der Waals surface area contributed by atoms with E-state index in [9.17, 15) is 9.59 Å². The minimum absolute atomic E-state index is 0.00380. The number of pyridine rings is 2. The molecule has 2 N–H and O–H groups in total. The van der Waals surface area contributed by atoms with Crippen LogP contribution in [-0.2, 0) is 0 Å². The van der Waals surface area contributed by atoms with Crippen molar-refractivity contribution in [2.24, 2.45) is 0 Å². The molecule has 4 nitrogen and oxygen atoms in total. The zero-order valence-corrected chi connectivity index (χ0v) is 25.8. The van der Waals surface area contributed by atoms with E-state index in [2.05, 4.69) is 49.8 Å². The topological polar surface area (TPSA) is 65.7 Å². The van der Waals surface area contributed by atoms with Crippen LogP contribution in [0.3, 0.4) is 0 Å². The van der Waals surface area contributed by atoms with Crippen molar-refractivity contribution in [3.8, 4) is 0 Å². The fourth-order valence-electron chi connectivity index (χ4n) is 4.71. The van der Waals surface area contributed by atoms with Crippen LogP contribution < -0.4 is 11.1 Å². The molecule has 5 heteroatoms. The summed E-state index contributed by atoms with van der Waals surface area (Å²) in [6.07, 6.45) is 4.19. The number of rotatable bonds is 4. The summed E-state index contributed by atoms with van der Waals surface area (Å²) in [6, 6.07) is 17.6. The van der Waals surface area contributed by atoms with E-state index in [4.69, 9.17) is 0 Å². The lowest BCUT2D eigenvalue weighted by Gasteiger charge is -2.17. The molecular formula is C34H44N2O2S. The summed E-state index contributed by atoms with van der Waals surface area (Å²) in [5.74, 6) is 0.374. The molecule has 3 aromatic heterocycles. The van der Waals surface area contributed by atoms with E-state index in [1.54, 1.807) is 11.3 Å². The first-order valence-corrected chi connectivity index (χ1v) is 15.0. The van der Waals surface area contributed by atoms with Crippen LogP contribution in [-0.4, -0.2) is 9.97 Å². The molecule has 0 saturated heterocycles. The smallest absolute Gasteiger partial charge is 0.256 e. The van der Waals surface area contributed by atoms with Crippen LogP contribution in [0.1, 0.15) is 90.3 Å². The molecule has 0 saturated carbocycles. The van der Waals surface area contributed by atoms with Gasteiger partial charge < -0.3 is 9.97 Å². The summed E-state index contributed by atoms with van der Waals surface area (Å²) in [5.41, 5.74) is 4.46. The third kappa shape index (κ3) is 7.15. The molecular weight excluding hydrogens is 500 g/mol. The second kappa shape index (κ2) is 15.2. The number of allylic oxidation sites excluding steroid dienone is 2. The molecule has 0 bridgehead atoms. The van der Waals surface area contributed by atoms with Gasteiger partial charge in [0.15, 0.2) is 0 Å². The van der Waals surface area contributed by atoms with Crippen molar-refractivity contribution in [1.82, 2.24) is 9.97 Å². The molecule has 0 amide bonds. The lowest BCUT2D eigenvalue weighted by atomic mass is 9.90. The molecule has 0 unspecified atom stereocenters. The van der Waals surface area contributed by atoms with E-state index in [1.165, 1.54) is 20.7 Å². The molecule has 0 aliphatic rings. The van der Waals surface area contributed by atoms with Crippen LogP contribution in [0.5, 0.6) is 0 Å². The molecule has 0 atom stereocenters. The van der Waals surface area contributed by atoms with Gasteiger partial charge in [0.25, 0.3) is 11.1 Å². The van der Waals surface area contributed by atoms with E-state index >= 15 is 0 Å². The van der Waals surface area contributed by atoms with Crippen LogP contribution >= 0.6 is 11.3 Å². The van der Waals surface area contributed by atoms with Gasteiger partial charge in [0.2, 0.25) is 0 Å². The Morgan fingerprint density at radius 1 is 0.846 bits per heavy atom. The van der Waals surface area contributed by atoms with Gasteiger partial charge in [-0.1, -0.05) is 97.4 Å². The van der Waals surface area contributed by atoms with Crippen LogP contribution in [0.15, 0.2) is 70.3 Å². The van der Waals surface area contributed by atoms with Gasteiger partial charge in [-0.25, -0.2) is 0 Å². The summed E-state index contributed by atoms with van der Waals surface area (Å²) < 4.78 is 1.17. The largest absolute Gasteiger partial charge is 0.321 e. The molecule has 0 aliphatic carbocycles. The first-order chi connectivity index (χ1) is 18.8. The first-order valence-electron chi connectivity index (χ1n) is 14.2. The fraction of sp³-hybridized carbons (Fsp3) is 0.353. The van der Waals surface area contributed by atoms with Crippen molar-refractivity contribution >= 4 is 48.7 Å². The van der Waals surface area contributed by atoms with Crippen LogP contribution in [0.4, 0.5) is 0 Å². The standard InChI is InChI=1S/C18H23NO.C12H9NOS.2C2H6/c1-5-9-13(6-2)17-16(12(3)4)14-10-7-8-11-15(14)18(20)19-17;1-7-6-10-11(15-7)8-4-2-3-5-9(8)12(14)13-10;2*1-2/h6-8,10-12H,5,9H2,1-4H3,(H,19,20);2-6H,1H3,(H,13,14);2*1-2H3/b13-6-;;;. The predicted molar refractivity (Wildman–Crippen MR) is 175 cm³/mol. The molecule has 5 aromatic rings. The minimum atomic E-state index is -0.00380. The Bertz CT molecular complexity index is 1650. The highest BCUT2D eigenvalue weighted by molar-refractivity contribution is 7.19. The number of benzene rings is 2. The number of aromatic nitrogens is 2. The van der Waals surface area contributed by atoms with Crippen LogP contribution in [0.2, 0.25) is 0 Å². The Hall–Kier alpha value is -3.44. The van der Waals surface area contributed by atoms with Gasteiger partial charge in [-0.2, -0.15) is 0 Å². The van der Waals surface area contributed by atoms with E-state index in [-0.39, 0.29) is 11.1 Å². The summed E-state index contributed by atoms with van der Waals surface area (Å²) >= 11 is 1.72. The fourth-order valence-corrected chi connectivity index (χ4v) is 5.72. The number of hydrogen-bond acceptors (Lipinski definition) is 3. The maximum Gasteiger partial charge on any atom is 0.256 e. The number of aryl methyl sites for hydroxylation is 1. The first kappa shape index (κ1) is 31.8. The highest BCUT2D eigenvalue weighted by Gasteiger charge is 2.16. The second-order valence-corrected chi connectivity index (χ2v) is 10.4. The summed E-state index contributed by atoms with van der Waals surface area (Å²) in [4.78, 5) is 31.3. The van der Waals surface area contributed by atoms with E-state index in [1.807, 2.05) is 83.1 Å². The molecule has 2 aromatic carbocycles. The van der Waals surface area contributed by atoms with Crippen molar-refractivity contribution < 1.29 is 0 Å². The zero-order chi connectivity index (χ0) is 29.1. The van der Waals surface area contributed by atoms with E-state index < -0.39 is 0 Å². The number of aromatic amines is 2. The molecule has 5 rings (SSSR count). The Morgan fingerprint density at radius 3 is 1.90 bits per heavy atom. The monoisotopic (exact) mass is 544 g/mol. The van der Waals surface area contributed by atoms with Gasteiger partial charge in [-0.3, -0.25) is 9.59 Å². The zero-order valence-electron chi connectivity index (χ0n) is 25.0. The van der Waals surface area contributed by atoms with Gasteiger partial charge in [0.1, 0.15) is 0 Å². The Kier molecular flexibility index (Phi) is 12.4. The van der Waals surface area contributed by atoms with Crippen molar-refractivity contribution in [3.05, 3.63) is 97.5 Å². The van der Waals surface area contributed by atoms with Gasteiger partial charge in [0, 0.05) is 26.7 Å².